The lowest BCUT2D eigenvalue weighted by molar-refractivity contribution is -0.131. The summed E-state index contributed by atoms with van der Waals surface area (Å²) in [7, 11) is 0. The number of hydrogen-bond acceptors (Lipinski definition) is 4. The van der Waals surface area contributed by atoms with E-state index in [9.17, 15) is 13.2 Å². The second-order valence-corrected chi connectivity index (χ2v) is 2.62. The van der Waals surface area contributed by atoms with Gasteiger partial charge in [0.05, 0.1) is 18.8 Å². The summed E-state index contributed by atoms with van der Waals surface area (Å²) in [6.07, 6.45) is -2.45. The average Bonchev–Trinajstić information content (AvgIpc) is 2.01. The molecule has 7 heteroatoms. The number of nitrogens with two attached hydrogens (primary N) is 1. The van der Waals surface area contributed by atoms with Crippen molar-refractivity contribution in [1.82, 2.24) is 9.97 Å². The molecule has 4 nitrogen and oxygen atoms in total. The molecule has 14 heavy (non-hydrogen) atoms. The maximum atomic E-state index is 11.7. The first-order valence-corrected chi connectivity index (χ1v) is 3.85. The molecular weight excluding hydrogens is 197 g/mol. The summed E-state index contributed by atoms with van der Waals surface area (Å²) >= 11 is 0. The first kappa shape index (κ1) is 10.6. The van der Waals surface area contributed by atoms with Gasteiger partial charge in [0.1, 0.15) is 11.6 Å². The highest BCUT2D eigenvalue weighted by molar-refractivity contribution is 5.38. The van der Waals surface area contributed by atoms with Crippen LogP contribution in [0.25, 0.3) is 0 Å². The second kappa shape index (κ2) is 4.12. The van der Waals surface area contributed by atoms with Crippen molar-refractivity contribution >= 4 is 11.6 Å². The topological polar surface area (TPSA) is 63.8 Å². The first-order valence-electron chi connectivity index (χ1n) is 3.85. The lowest BCUT2D eigenvalue weighted by Gasteiger charge is -2.07. The molecule has 1 aromatic heterocycles. The summed E-state index contributed by atoms with van der Waals surface area (Å²) in [4.78, 5) is 7.40. The zero-order valence-electron chi connectivity index (χ0n) is 7.17. The van der Waals surface area contributed by atoms with E-state index in [-0.39, 0.29) is 18.2 Å². The molecule has 1 aromatic rings. The Labute approximate surface area is 78.4 Å². The van der Waals surface area contributed by atoms with Gasteiger partial charge in [-0.05, 0) is 0 Å². The maximum Gasteiger partial charge on any atom is 0.390 e. The Morgan fingerprint density at radius 3 is 2.64 bits per heavy atom. The van der Waals surface area contributed by atoms with Crippen LogP contribution in [0.2, 0.25) is 0 Å². The van der Waals surface area contributed by atoms with Crippen molar-refractivity contribution in [3.8, 4) is 0 Å². The van der Waals surface area contributed by atoms with Crippen LogP contribution in [0.4, 0.5) is 24.8 Å². The second-order valence-electron chi connectivity index (χ2n) is 2.62. The van der Waals surface area contributed by atoms with Gasteiger partial charge in [-0.1, -0.05) is 0 Å². The standard InChI is InChI=1S/C7H9F3N4/c8-7(9,10)1-2-13-6-4-12-3-5(11)14-6/h3-4H,1-2H2,(H3,11,13,14). The molecule has 0 saturated carbocycles. The van der Waals surface area contributed by atoms with Crippen LogP contribution in [0.5, 0.6) is 0 Å². The Morgan fingerprint density at radius 2 is 2.07 bits per heavy atom. The average molecular weight is 206 g/mol. The van der Waals surface area contributed by atoms with Gasteiger partial charge >= 0.3 is 6.18 Å². The third-order valence-corrected chi connectivity index (χ3v) is 1.37. The SMILES string of the molecule is Nc1cncc(NCCC(F)(F)F)n1. The number of nitrogens with zero attached hydrogens (tertiary/aromatic N) is 2. The number of nitrogens with one attached hydrogen (secondary N) is 1. The quantitative estimate of drug-likeness (QED) is 0.785. The minimum absolute atomic E-state index is 0.169. The van der Waals surface area contributed by atoms with E-state index in [0.29, 0.717) is 0 Å². The monoisotopic (exact) mass is 206 g/mol. The highest BCUT2D eigenvalue weighted by atomic mass is 19.4. The molecule has 1 heterocycles. The molecule has 0 unspecified atom stereocenters. The summed E-state index contributed by atoms with van der Waals surface area (Å²) in [5.41, 5.74) is 5.28. The fourth-order valence-electron chi connectivity index (χ4n) is 0.799. The minimum atomic E-state index is -4.17. The minimum Gasteiger partial charge on any atom is -0.382 e. The summed E-state index contributed by atoms with van der Waals surface area (Å²) in [6.45, 7) is -0.234. The molecular formula is C7H9F3N4. The Bertz CT molecular complexity index is 299. The summed E-state index contributed by atoms with van der Waals surface area (Å²) in [5.74, 6) is 0.413. The van der Waals surface area contributed by atoms with Crippen molar-refractivity contribution in [2.24, 2.45) is 0 Å². The normalized spacial score (nSPS) is 11.4. The molecule has 0 radical (unpaired) electrons. The van der Waals surface area contributed by atoms with Gasteiger partial charge in [0.15, 0.2) is 0 Å². The molecule has 1 rings (SSSR count). The van der Waals surface area contributed by atoms with Crippen LogP contribution in [0.15, 0.2) is 12.4 Å². The van der Waals surface area contributed by atoms with E-state index in [1.807, 2.05) is 0 Å². The molecule has 0 aliphatic rings. The number of hydrogen-bond donors (Lipinski definition) is 2. The highest BCUT2D eigenvalue weighted by Crippen LogP contribution is 2.19. The van der Waals surface area contributed by atoms with E-state index < -0.39 is 12.6 Å². The zero-order valence-corrected chi connectivity index (χ0v) is 7.17. The molecule has 0 spiro atoms. The molecule has 0 atom stereocenters. The third-order valence-electron chi connectivity index (χ3n) is 1.37. The fourth-order valence-corrected chi connectivity index (χ4v) is 0.799. The predicted octanol–water partition coefficient (Wildman–Crippen LogP) is 1.42. The first-order chi connectivity index (χ1) is 6.47. The number of halogens is 3. The molecule has 0 aliphatic heterocycles. The van der Waals surface area contributed by atoms with Crippen LogP contribution in [0, 0.1) is 0 Å². The van der Waals surface area contributed by atoms with Crippen molar-refractivity contribution in [3.63, 3.8) is 0 Å². The van der Waals surface area contributed by atoms with Gasteiger partial charge < -0.3 is 11.1 Å². The lowest BCUT2D eigenvalue weighted by Crippen LogP contribution is -2.15. The van der Waals surface area contributed by atoms with Crippen molar-refractivity contribution in [3.05, 3.63) is 12.4 Å². The molecule has 0 amide bonds. The van der Waals surface area contributed by atoms with Gasteiger partial charge in [0.25, 0.3) is 0 Å². The smallest absolute Gasteiger partial charge is 0.382 e. The van der Waals surface area contributed by atoms with Crippen LogP contribution in [0.1, 0.15) is 6.42 Å². The van der Waals surface area contributed by atoms with Crippen LogP contribution in [-0.2, 0) is 0 Å². The Hall–Kier alpha value is -1.53. The highest BCUT2D eigenvalue weighted by Gasteiger charge is 2.26. The van der Waals surface area contributed by atoms with E-state index in [0.717, 1.165) is 0 Å². The number of nitrogen functional groups attached to an aromatic ring is 1. The van der Waals surface area contributed by atoms with Crippen LogP contribution >= 0.6 is 0 Å². The van der Waals surface area contributed by atoms with Crippen LogP contribution in [0.3, 0.4) is 0 Å². The number of aromatic nitrogens is 2. The molecule has 78 valence electrons. The Balaban J connectivity index is 2.39. The molecule has 0 aromatic carbocycles. The molecule has 0 fully saturated rings. The van der Waals surface area contributed by atoms with E-state index in [4.69, 9.17) is 5.73 Å². The molecule has 0 aliphatic carbocycles. The zero-order chi connectivity index (χ0) is 10.6. The van der Waals surface area contributed by atoms with Crippen molar-refractivity contribution in [2.75, 3.05) is 17.6 Å². The predicted molar refractivity (Wildman–Crippen MR) is 45.6 cm³/mol. The fraction of sp³-hybridized carbons (Fsp3) is 0.429. The van der Waals surface area contributed by atoms with E-state index >= 15 is 0 Å². The van der Waals surface area contributed by atoms with Crippen LogP contribution in [-0.4, -0.2) is 22.7 Å². The van der Waals surface area contributed by atoms with E-state index in [1.165, 1.54) is 12.4 Å². The number of rotatable bonds is 3. The molecule has 3 N–H and O–H groups in total. The number of alkyl halides is 3. The van der Waals surface area contributed by atoms with Crippen LogP contribution < -0.4 is 11.1 Å². The van der Waals surface area contributed by atoms with Gasteiger partial charge in [0.2, 0.25) is 0 Å². The summed E-state index contributed by atoms with van der Waals surface area (Å²) in [6, 6.07) is 0. The van der Waals surface area contributed by atoms with Crippen molar-refractivity contribution in [1.29, 1.82) is 0 Å². The molecule has 0 saturated heterocycles. The lowest BCUT2D eigenvalue weighted by atomic mass is 10.4. The summed E-state index contributed by atoms with van der Waals surface area (Å²) in [5, 5.41) is 2.47. The van der Waals surface area contributed by atoms with Crippen molar-refractivity contribution < 1.29 is 13.2 Å². The van der Waals surface area contributed by atoms with Gasteiger partial charge in [-0.15, -0.1) is 0 Å². The maximum absolute atomic E-state index is 11.7. The van der Waals surface area contributed by atoms with Gasteiger partial charge in [-0.3, -0.25) is 4.98 Å². The molecule has 0 bridgehead atoms. The largest absolute Gasteiger partial charge is 0.390 e. The van der Waals surface area contributed by atoms with Crippen molar-refractivity contribution in [2.45, 2.75) is 12.6 Å². The Kier molecular flexibility index (Phi) is 3.10. The van der Waals surface area contributed by atoms with Gasteiger partial charge in [-0.2, -0.15) is 13.2 Å². The van der Waals surface area contributed by atoms with Gasteiger partial charge in [-0.25, -0.2) is 4.98 Å². The van der Waals surface area contributed by atoms with E-state index in [2.05, 4.69) is 15.3 Å². The number of anilines is 2. The Morgan fingerprint density at radius 1 is 1.36 bits per heavy atom. The summed E-state index contributed by atoms with van der Waals surface area (Å²) < 4.78 is 35.2. The van der Waals surface area contributed by atoms with E-state index in [1.54, 1.807) is 0 Å². The third kappa shape index (κ3) is 3.92. The van der Waals surface area contributed by atoms with Gasteiger partial charge in [0, 0.05) is 6.54 Å².